The van der Waals surface area contributed by atoms with Crippen LogP contribution in [0.2, 0.25) is 54.4 Å². The van der Waals surface area contributed by atoms with Gasteiger partial charge in [-0.05, 0) is 79.6 Å². The van der Waals surface area contributed by atoms with Crippen LogP contribution in [0.5, 0.6) is 0 Å². The molecule has 0 radical (unpaired) electrons. The summed E-state index contributed by atoms with van der Waals surface area (Å²) >= 11 is 0. The maximum atomic E-state index is 13.0. The van der Waals surface area contributed by atoms with Gasteiger partial charge in [0.25, 0.3) is 0 Å². The molecule has 0 saturated heterocycles. The van der Waals surface area contributed by atoms with E-state index in [1.54, 1.807) is 6.92 Å². The van der Waals surface area contributed by atoms with Gasteiger partial charge in [-0.25, -0.2) is 0 Å². The maximum Gasteiger partial charge on any atom is 0.193 e. The molecule has 0 aliphatic carbocycles. The highest BCUT2D eigenvalue weighted by Crippen LogP contribution is 2.38. The Kier molecular flexibility index (Phi) is 19.7. The van der Waals surface area contributed by atoms with Gasteiger partial charge in [0.15, 0.2) is 30.7 Å². The van der Waals surface area contributed by atoms with Crippen molar-refractivity contribution in [3.8, 4) is 0 Å². The summed E-state index contributed by atoms with van der Waals surface area (Å²) in [4.78, 5) is 13.0. The van der Waals surface area contributed by atoms with Crippen molar-refractivity contribution in [3.05, 3.63) is 24.8 Å². The Morgan fingerprint density at radius 1 is 0.659 bits per heavy atom. The second-order valence-corrected chi connectivity index (χ2v) is 26.8. The molecule has 0 fully saturated rings. The van der Waals surface area contributed by atoms with Crippen LogP contribution in [-0.2, 0) is 18.1 Å². The van der Waals surface area contributed by atoms with Crippen molar-refractivity contribution in [2.24, 2.45) is 17.8 Å². The number of Topliss-reactive ketones (excluding diaryl/α,β-unsaturated/α-hetero) is 1. The average molecular weight is 627 g/mol. The number of allylic oxidation sites excluding steroid dienone is 2. The molecule has 0 aliphatic rings. The second kappa shape index (κ2) is 19.9. The van der Waals surface area contributed by atoms with E-state index in [-0.39, 0.29) is 41.8 Å². The molecule has 6 atom stereocenters. The van der Waals surface area contributed by atoms with Gasteiger partial charge >= 0.3 is 0 Å². The molecule has 4 nitrogen and oxygen atoms in total. The van der Waals surface area contributed by atoms with E-state index in [2.05, 4.69) is 102 Å². The zero-order valence-corrected chi connectivity index (χ0v) is 32.6. The van der Waals surface area contributed by atoms with E-state index in [9.17, 15) is 4.79 Å². The molecule has 0 spiro atoms. The van der Waals surface area contributed by atoms with Crippen LogP contribution >= 0.6 is 0 Å². The molecule has 41 heavy (non-hydrogen) atoms. The zero-order chi connectivity index (χ0) is 31.9. The molecule has 0 saturated carbocycles. The van der Waals surface area contributed by atoms with Crippen molar-refractivity contribution in [3.63, 3.8) is 0 Å². The molecule has 242 valence electrons. The SMILES string of the molecule is C=C/C=C\[C@H](C)[C@H](O[Si](CC)(CC)CC)[C@H](C)[C@@H](O[Si](CC)(CC)CC)[C@@H](C)C[C@H](O[Si](CC)(CC)CC)C(C)=O. The molecule has 0 aromatic carbocycles. The summed E-state index contributed by atoms with van der Waals surface area (Å²) < 4.78 is 21.6. The van der Waals surface area contributed by atoms with Gasteiger partial charge in [-0.1, -0.05) is 108 Å². The highest BCUT2D eigenvalue weighted by atomic mass is 28.4. The molecule has 0 rings (SSSR count). The van der Waals surface area contributed by atoms with Crippen molar-refractivity contribution >= 4 is 30.7 Å². The number of hydrogen-bond acceptors (Lipinski definition) is 4. The van der Waals surface area contributed by atoms with Crippen molar-refractivity contribution in [1.29, 1.82) is 0 Å². The third-order valence-electron chi connectivity index (χ3n) is 10.7. The van der Waals surface area contributed by atoms with Crippen LogP contribution in [0, 0.1) is 17.8 Å². The quantitative estimate of drug-likeness (QED) is 0.0789. The topological polar surface area (TPSA) is 44.8 Å². The van der Waals surface area contributed by atoms with Crippen LogP contribution in [0.4, 0.5) is 0 Å². The monoisotopic (exact) mass is 626 g/mol. The molecular weight excluding hydrogens is 557 g/mol. The smallest absolute Gasteiger partial charge is 0.193 e. The molecule has 0 N–H and O–H groups in total. The van der Waals surface area contributed by atoms with Crippen molar-refractivity contribution in [1.82, 2.24) is 0 Å². The van der Waals surface area contributed by atoms with Gasteiger partial charge < -0.3 is 13.3 Å². The Morgan fingerprint density at radius 2 is 1.02 bits per heavy atom. The minimum absolute atomic E-state index is 0.00904. The summed E-state index contributed by atoms with van der Waals surface area (Å²) in [6.45, 7) is 33.2. The Bertz CT molecular complexity index is 734. The molecule has 0 unspecified atom stereocenters. The minimum Gasteiger partial charge on any atom is -0.413 e. The molecule has 0 bridgehead atoms. The average Bonchev–Trinajstić information content (AvgIpc) is 2.99. The summed E-state index contributed by atoms with van der Waals surface area (Å²) in [5, 5.41) is 0. The molecule has 0 aromatic rings. The summed E-state index contributed by atoms with van der Waals surface area (Å²) in [6, 6.07) is 9.83. The molecule has 0 amide bonds. The molecule has 0 aliphatic heterocycles. The van der Waals surface area contributed by atoms with Crippen molar-refractivity contribution < 1.29 is 18.1 Å². The van der Waals surface area contributed by atoms with Gasteiger partial charge in [0.2, 0.25) is 0 Å². The van der Waals surface area contributed by atoms with Crippen LogP contribution in [-0.4, -0.2) is 49.0 Å². The van der Waals surface area contributed by atoms with E-state index < -0.39 is 25.0 Å². The first kappa shape index (κ1) is 40.7. The number of carbonyl (C=O) groups is 1. The van der Waals surface area contributed by atoms with E-state index in [1.807, 2.05) is 6.08 Å². The molecule has 0 heterocycles. The normalized spacial score (nSPS) is 17.7. The lowest BCUT2D eigenvalue weighted by molar-refractivity contribution is -0.125. The van der Waals surface area contributed by atoms with Crippen LogP contribution in [0.3, 0.4) is 0 Å². The number of rotatable bonds is 24. The largest absolute Gasteiger partial charge is 0.413 e. The van der Waals surface area contributed by atoms with E-state index >= 15 is 0 Å². The molecule has 7 heteroatoms. The summed E-state index contributed by atoms with van der Waals surface area (Å²) in [5.74, 6) is 0.750. The van der Waals surface area contributed by atoms with E-state index in [1.165, 1.54) is 0 Å². The van der Waals surface area contributed by atoms with Gasteiger partial charge in [-0.3, -0.25) is 4.79 Å². The van der Waals surface area contributed by atoms with Crippen LogP contribution in [0.1, 0.15) is 96.4 Å². The van der Waals surface area contributed by atoms with Crippen LogP contribution < -0.4 is 0 Å². The van der Waals surface area contributed by atoms with Gasteiger partial charge in [-0.15, -0.1) is 0 Å². The van der Waals surface area contributed by atoms with E-state index in [0.717, 1.165) is 54.4 Å². The minimum atomic E-state index is -1.94. The zero-order valence-electron chi connectivity index (χ0n) is 29.6. The van der Waals surface area contributed by atoms with Gasteiger partial charge in [-0.2, -0.15) is 0 Å². The lowest BCUT2D eigenvalue weighted by Gasteiger charge is -2.45. The molecule has 0 aromatic heterocycles. The van der Waals surface area contributed by atoms with E-state index in [4.69, 9.17) is 13.3 Å². The first-order chi connectivity index (χ1) is 19.3. The predicted molar refractivity (Wildman–Crippen MR) is 188 cm³/mol. The lowest BCUT2D eigenvalue weighted by Crippen LogP contribution is -2.52. The maximum absolute atomic E-state index is 13.0. The fraction of sp³-hybridized carbons (Fsp3) is 0.853. The standard InChI is InChI=1S/C34H70O4Si3/c1-15-25-26-28(11)33(37-40(19-5,20-6)21-7)30(13)34(38-41(22-8,23-9)24-10)29(12)27-32(31(14)35)36-39(16-2,17-3)18-4/h15,25-26,28-30,32-34H,1,16-24,27H2,2-14H3/b26-25-/t28-,29-,30-,32-,33-,34-/m0/s1. The summed E-state index contributed by atoms with van der Waals surface area (Å²) in [5.41, 5.74) is 0. The first-order valence-electron chi connectivity index (χ1n) is 17.1. The lowest BCUT2D eigenvalue weighted by atomic mass is 9.82. The van der Waals surface area contributed by atoms with Gasteiger partial charge in [0.05, 0.1) is 12.2 Å². The van der Waals surface area contributed by atoms with Gasteiger partial charge in [0, 0.05) is 5.92 Å². The Hall–Kier alpha value is -0.319. The Labute approximate surface area is 259 Å². The van der Waals surface area contributed by atoms with Crippen molar-refractivity contribution in [2.45, 2.75) is 169 Å². The summed E-state index contributed by atoms with van der Waals surface area (Å²) in [7, 11) is -5.75. The Morgan fingerprint density at radius 3 is 1.37 bits per heavy atom. The number of hydrogen-bond donors (Lipinski definition) is 0. The fourth-order valence-corrected chi connectivity index (χ4v) is 15.5. The van der Waals surface area contributed by atoms with Crippen molar-refractivity contribution in [2.75, 3.05) is 0 Å². The first-order valence-corrected chi connectivity index (χ1v) is 24.7. The van der Waals surface area contributed by atoms with Crippen LogP contribution in [0.25, 0.3) is 0 Å². The Balaban J connectivity index is 6.79. The van der Waals surface area contributed by atoms with Crippen LogP contribution in [0.15, 0.2) is 24.8 Å². The second-order valence-electron chi connectivity index (χ2n) is 12.7. The number of ketones is 1. The fourth-order valence-electron chi connectivity index (χ4n) is 6.63. The third-order valence-corrected chi connectivity index (χ3v) is 24.6. The summed E-state index contributed by atoms with van der Waals surface area (Å²) in [6.07, 6.45) is 6.59. The predicted octanol–water partition coefficient (Wildman–Crippen LogP) is 10.8. The highest BCUT2D eigenvalue weighted by Gasteiger charge is 2.44. The van der Waals surface area contributed by atoms with E-state index in [0.29, 0.717) is 6.42 Å². The van der Waals surface area contributed by atoms with Gasteiger partial charge in [0.1, 0.15) is 6.10 Å². The number of carbonyl (C=O) groups excluding carboxylic acids is 1. The molecular formula is C34H70O4Si3. The third kappa shape index (κ3) is 11.6. The highest BCUT2D eigenvalue weighted by molar-refractivity contribution is 6.74.